The smallest absolute Gasteiger partial charge is 0.0159 e. The van der Waals surface area contributed by atoms with E-state index in [1.807, 2.05) is 0 Å². The third-order valence-electron chi connectivity index (χ3n) is 30.7. The lowest BCUT2D eigenvalue weighted by molar-refractivity contribution is 0.660. The van der Waals surface area contributed by atoms with Gasteiger partial charge in [-0.15, -0.1) is 0 Å². The number of benzene rings is 24. The summed E-state index contributed by atoms with van der Waals surface area (Å²) in [6.45, 7) is 14.3. The van der Waals surface area contributed by atoms with E-state index < -0.39 is 0 Å². The van der Waals surface area contributed by atoms with Gasteiger partial charge in [-0.2, -0.15) is 0 Å². The molecule has 3 aliphatic carbocycles. The largest absolute Gasteiger partial charge is 0.0622 e. The Morgan fingerprint density at radius 1 is 0.111 bits per heavy atom. The molecule has 24 aromatic carbocycles. The van der Waals surface area contributed by atoms with Crippen molar-refractivity contribution in [2.45, 2.75) is 57.8 Å². The first kappa shape index (κ1) is 79.6. The van der Waals surface area contributed by atoms with Crippen molar-refractivity contribution in [3.63, 3.8) is 0 Å². The Balaban J connectivity index is 0.000000141. The van der Waals surface area contributed by atoms with Crippen LogP contribution < -0.4 is 0 Å². The Morgan fingerprint density at radius 3 is 0.556 bits per heavy atom. The van der Waals surface area contributed by atoms with Gasteiger partial charge < -0.3 is 0 Å². The van der Waals surface area contributed by atoms with E-state index >= 15 is 0 Å². The number of hydrogen-bond donors (Lipinski definition) is 0. The van der Waals surface area contributed by atoms with Gasteiger partial charge in [0.05, 0.1) is 0 Å². The molecular formula is C135H94. The highest BCUT2D eigenvalue weighted by Crippen LogP contribution is 2.58. The maximum absolute atomic E-state index is 2.50. The molecule has 135 heavy (non-hydrogen) atoms. The Kier molecular flexibility index (Phi) is 18.2. The van der Waals surface area contributed by atoms with Crippen LogP contribution >= 0.6 is 0 Å². The minimum atomic E-state index is -0.199. The van der Waals surface area contributed by atoms with E-state index in [-0.39, 0.29) is 16.2 Å². The Morgan fingerprint density at radius 2 is 0.274 bits per heavy atom. The van der Waals surface area contributed by atoms with Crippen LogP contribution in [-0.2, 0) is 16.2 Å². The van der Waals surface area contributed by atoms with Gasteiger partial charge in [-0.3, -0.25) is 0 Å². The SMILES string of the molecule is CC1(C)c2ccccc2-c2ccc(-c3c4ccccc4c(-c4ccc5c(c4)C(C)(C)c4cc(-c6ccc(-c7c8ccccc8c(-c8ccccc8)c8ccccc78)cc6)ccc4-5)c4ccccc34)cc21.CC1(C)c2ccccc2-c2ccc(-c3c4ccccc4c(-c4ccc5cc(-c6ccc(-c7c8ccccc8c(-c8ccccc8)c8ccccc78)cc6)ccc5c4)c4ccccc34)cc21. The maximum atomic E-state index is 2.50. The molecule has 0 fully saturated rings. The molecule has 0 amide bonds. The summed E-state index contributed by atoms with van der Waals surface area (Å²) < 4.78 is 0. The van der Waals surface area contributed by atoms with Crippen LogP contribution in [0.3, 0.4) is 0 Å². The fraction of sp³-hybridized carbons (Fsp3) is 0.0667. The van der Waals surface area contributed by atoms with E-state index in [1.165, 1.54) is 275 Å². The van der Waals surface area contributed by atoms with Crippen molar-refractivity contribution in [2.75, 3.05) is 0 Å². The molecule has 0 nitrogen and oxygen atoms in total. The van der Waals surface area contributed by atoms with E-state index in [4.69, 9.17) is 0 Å². The molecule has 0 radical (unpaired) electrons. The van der Waals surface area contributed by atoms with Crippen LogP contribution in [0.25, 0.3) is 242 Å². The second-order valence-electron chi connectivity index (χ2n) is 39.0. The molecular weight excluding hydrogens is 1620 g/mol. The minimum Gasteiger partial charge on any atom is -0.0622 e. The number of hydrogen-bond acceptors (Lipinski definition) is 0. The fourth-order valence-corrected chi connectivity index (χ4v) is 24.2. The van der Waals surface area contributed by atoms with Crippen LogP contribution in [0, 0.1) is 0 Å². The van der Waals surface area contributed by atoms with Crippen LogP contribution in [0.5, 0.6) is 0 Å². The zero-order valence-corrected chi connectivity index (χ0v) is 76.4. The van der Waals surface area contributed by atoms with Crippen LogP contribution in [0.4, 0.5) is 0 Å². The zero-order chi connectivity index (χ0) is 90.1. The van der Waals surface area contributed by atoms with E-state index in [0.29, 0.717) is 0 Å². The van der Waals surface area contributed by atoms with Crippen molar-refractivity contribution in [3.05, 3.63) is 494 Å². The molecule has 634 valence electrons. The summed E-state index contributed by atoms with van der Waals surface area (Å²) in [5.41, 5.74) is 41.3. The Labute approximate surface area is 788 Å². The Bertz CT molecular complexity index is 8860. The number of fused-ring (bicyclic) bond motifs is 18. The molecule has 0 aliphatic heterocycles. The number of rotatable bonds is 10. The molecule has 3 aliphatic rings. The van der Waals surface area contributed by atoms with E-state index in [0.717, 1.165) is 0 Å². The summed E-state index contributed by atoms with van der Waals surface area (Å²) in [5, 5.41) is 22.9. The first-order valence-electron chi connectivity index (χ1n) is 47.7. The topological polar surface area (TPSA) is 0 Å². The van der Waals surface area contributed by atoms with Crippen molar-refractivity contribution in [1.82, 2.24) is 0 Å². The van der Waals surface area contributed by atoms with Gasteiger partial charge in [-0.25, -0.2) is 0 Å². The zero-order valence-electron chi connectivity index (χ0n) is 76.4. The van der Waals surface area contributed by atoms with Gasteiger partial charge in [0.1, 0.15) is 0 Å². The lowest BCUT2D eigenvalue weighted by Gasteiger charge is -2.24. The van der Waals surface area contributed by atoms with E-state index in [2.05, 4.69) is 503 Å². The van der Waals surface area contributed by atoms with Crippen LogP contribution in [0.15, 0.2) is 461 Å². The Hall–Kier alpha value is -16.4. The highest BCUT2D eigenvalue weighted by molar-refractivity contribution is 6.26. The quantitative estimate of drug-likeness (QED) is 0.120. The van der Waals surface area contributed by atoms with Gasteiger partial charge >= 0.3 is 0 Å². The van der Waals surface area contributed by atoms with Gasteiger partial charge in [-0.05, 0) is 311 Å². The van der Waals surface area contributed by atoms with Crippen molar-refractivity contribution in [2.24, 2.45) is 0 Å². The van der Waals surface area contributed by atoms with Crippen molar-refractivity contribution in [3.8, 4) is 145 Å². The summed E-state index contributed by atoms with van der Waals surface area (Å²) in [6, 6.07) is 173. The molecule has 0 aromatic heterocycles. The lowest BCUT2D eigenvalue weighted by atomic mass is 9.79. The third-order valence-corrected chi connectivity index (χ3v) is 30.7. The van der Waals surface area contributed by atoms with Crippen molar-refractivity contribution in [1.29, 1.82) is 0 Å². The average molecular weight is 1720 g/mol. The lowest BCUT2D eigenvalue weighted by Crippen LogP contribution is -2.15. The molecule has 0 saturated heterocycles. The molecule has 0 saturated carbocycles. The first-order chi connectivity index (χ1) is 66.3. The summed E-state index contributed by atoms with van der Waals surface area (Å²) in [5.74, 6) is 0. The van der Waals surface area contributed by atoms with Gasteiger partial charge in [0.25, 0.3) is 0 Å². The molecule has 0 spiro atoms. The summed E-state index contributed by atoms with van der Waals surface area (Å²) >= 11 is 0. The second kappa shape index (κ2) is 30.9. The fourth-order valence-electron chi connectivity index (χ4n) is 24.2. The summed E-state index contributed by atoms with van der Waals surface area (Å²) in [7, 11) is 0. The van der Waals surface area contributed by atoms with Gasteiger partial charge in [0.2, 0.25) is 0 Å². The van der Waals surface area contributed by atoms with E-state index in [9.17, 15) is 0 Å². The predicted molar refractivity (Wildman–Crippen MR) is 577 cm³/mol. The minimum absolute atomic E-state index is 0.0670. The molecule has 0 bridgehead atoms. The molecule has 0 unspecified atom stereocenters. The normalized spacial score (nSPS) is 13.4. The molecule has 0 N–H and O–H groups in total. The first-order valence-corrected chi connectivity index (χ1v) is 47.7. The van der Waals surface area contributed by atoms with Gasteiger partial charge in [0.15, 0.2) is 0 Å². The molecule has 0 atom stereocenters. The molecule has 0 heterocycles. The van der Waals surface area contributed by atoms with Gasteiger partial charge in [-0.1, -0.05) is 466 Å². The van der Waals surface area contributed by atoms with Gasteiger partial charge in [0, 0.05) is 16.2 Å². The molecule has 0 heteroatoms. The summed E-state index contributed by atoms with van der Waals surface area (Å²) in [4.78, 5) is 0. The van der Waals surface area contributed by atoms with Crippen molar-refractivity contribution >= 4 is 97.0 Å². The van der Waals surface area contributed by atoms with Crippen molar-refractivity contribution < 1.29 is 0 Å². The van der Waals surface area contributed by atoms with Crippen LogP contribution in [0.2, 0.25) is 0 Å². The van der Waals surface area contributed by atoms with Crippen LogP contribution in [-0.4, -0.2) is 0 Å². The van der Waals surface area contributed by atoms with E-state index in [1.54, 1.807) is 0 Å². The molecule has 24 aromatic rings. The second-order valence-corrected chi connectivity index (χ2v) is 39.0. The highest BCUT2D eigenvalue weighted by atomic mass is 14.4. The molecule has 27 rings (SSSR count). The monoisotopic (exact) mass is 1710 g/mol. The maximum Gasteiger partial charge on any atom is 0.0159 e. The van der Waals surface area contributed by atoms with Crippen LogP contribution in [0.1, 0.15) is 74.9 Å². The summed E-state index contributed by atoms with van der Waals surface area (Å²) in [6.07, 6.45) is 0. The standard InChI is InChI=1S/C70H50.C65H44/c1-69(2)61-29-17-16-20-49(61)50-38-35-47(41-63(50)69)67-57-25-12-14-27-59(57)68(60-28-15-13-26-58(60)67)48-36-39-52-51-37-34-46(40-62(51)70(3,4)64(52)42-48)43-30-32-45(33-31-43)66-55-23-10-8-21-53(55)65(44-18-6-5-7-19-44)54-22-9-11-24-56(54)66;1-65(2)59-27-15-14-18-49(59)50-37-36-48(40-60(50)65)64-57-25-12-10-23-55(57)63(56-24-11-13-26-58(56)64)47-35-34-45-38-44(32-33-46(45)39-47)41-28-30-43(31-29-41)62-53-21-8-6-19-51(53)61(42-16-4-3-5-17-42)52-20-7-9-22-54(52)62/h5-42H,1-4H3;3-40H,1-2H3. The highest BCUT2D eigenvalue weighted by Gasteiger charge is 2.40. The third kappa shape index (κ3) is 12.4. The average Bonchev–Trinajstić information content (AvgIpc) is 1.63. The predicted octanol–water partition coefficient (Wildman–Crippen LogP) is 37.3.